The Morgan fingerprint density at radius 1 is 1.15 bits per heavy atom. The number of aromatic nitrogens is 5. The van der Waals surface area contributed by atoms with Crippen LogP contribution in [-0.4, -0.2) is 72.8 Å². The van der Waals surface area contributed by atoms with Gasteiger partial charge in [0.2, 0.25) is 11.8 Å². The maximum atomic E-state index is 12.9. The number of H-pyrrole nitrogens is 1. The normalized spacial score (nSPS) is 19.8. The molecule has 0 saturated carbocycles. The van der Waals surface area contributed by atoms with Gasteiger partial charge in [-0.3, -0.25) is 9.59 Å². The molecule has 2 aromatic heterocycles. The first-order valence-electron chi connectivity index (χ1n) is 9.54. The fourth-order valence-electron chi connectivity index (χ4n) is 4.01. The number of imidazole rings is 1. The van der Waals surface area contributed by atoms with E-state index in [-0.39, 0.29) is 17.7 Å². The number of carbonyl (C=O) groups is 2. The van der Waals surface area contributed by atoms with E-state index in [2.05, 4.69) is 25.0 Å². The lowest BCUT2D eigenvalue weighted by atomic mass is 9.94. The molecule has 1 fully saturated rings. The SMILES string of the molecule is Cc1ncc2n1CCC(C(=O)N1CCN(C(=O)CCc3cn[nH]n3)CC1)C2. The average molecular weight is 371 g/mol. The van der Waals surface area contributed by atoms with Crippen molar-refractivity contribution in [2.24, 2.45) is 5.92 Å². The van der Waals surface area contributed by atoms with Crippen molar-refractivity contribution in [2.75, 3.05) is 26.2 Å². The Morgan fingerprint density at radius 3 is 2.67 bits per heavy atom. The molecule has 0 aliphatic carbocycles. The van der Waals surface area contributed by atoms with Crippen molar-refractivity contribution in [1.29, 1.82) is 0 Å². The third-order valence-electron chi connectivity index (χ3n) is 5.65. The lowest BCUT2D eigenvalue weighted by Gasteiger charge is -2.37. The minimum atomic E-state index is 0.0306. The number of nitrogens with one attached hydrogen (secondary N) is 1. The first-order valence-corrected chi connectivity index (χ1v) is 9.54. The summed E-state index contributed by atoms with van der Waals surface area (Å²) in [5.41, 5.74) is 1.95. The molecule has 2 aromatic rings. The van der Waals surface area contributed by atoms with Gasteiger partial charge >= 0.3 is 0 Å². The molecule has 144 valence electrons. The van der Waals surface area contributed by atoms with Gasteiger partial charge in [-0.2, -0.15) is 15.4 Å². The second-order valence-electron chi connectivity index (χ2n) is 7.31. The van der Waals surface area contributed by atoms with Gasteiger partial charge in [0.25, 0.3) is 0 Å². The lowest BCUT2D eigenvalue weighted by Crippen LogP contribution is -2.52. The molecule has 0 bridgehead atoms. The summed E-state index contributed by atoms with van der Waals surface area (Å²) in [6.07, 6.45) is 6.16. The molecule has 2 amide bonds. The van der Waals surface area contributed by atoms with Gasteiger partial charge in [-0.15, -0.1) is 0 Å². The number of aryl methyl sites for hydroxylation is 2. The highest BCUT2D eigenvalue weighted by Gasteiger charge is 2.31. The second-order valence-corrected chi connectivity index (χ2v) is 7.31. The van der Waals surface area contributed by atoms with Crippen LogP contribution in [0.15, 0.2) is 12.4 Å². The molecule has 4 rings (SSSR count). The summed E-state index contributed by atoms with van der Waals surface area (Å²) in [5.74, 6) is 1.38. The van der Waals surface area contributed by atoms with Crippen LogP contribution in [0, 0.1) is 12.8 Å². The summed E-state index contributed by atoms with van der Waals surface area (Å²) in [5, 5.41) is 10.3. The zero-order valence-corrected chi connectivity index (χ0v) is 15.6. The molecule has 2 aliphatic rings. The summed E-state index contributed by atoms with van der Waals surface area (Å²) in [6.45, 7) is 5.30. The summed E-state index contributed by atoms with van der Waals surface area (Å²) in [6, 6.07) is 0. The number of amides is 2. The molecule has 1 saturated heterocycles. The van der Waals surface area contributed by atoms with Crippen LogP contribution in [0.5, 0.6) is 0 Å². The fourth-order valence-corrected chi connectivity index (χ4v) is 4.01. The third kappa shape index (κ3) is 3.72. The van der Waals surface area contributed by atoms with E-state index in [1.807, 2.05) is 22.9 Å². The summed E-state index contributed by atoms with van der Waals surface area (Å²) in [7, 11) is 0. The molecular weight excluding hydrogens is 346 g/mol. The number of hydrogen-bond acceptors (Lipinski definition) is 5. The van der Waals surface area contributed by atoms with E-state index in [1.165, 1.54) is 0 Å². The monoisotopic (exact) mass is 371 g/mol. The van der Waals surface area contributed by atoms with Crippen LogP contribution in [0.2, 0.25) is 0 Å². The van der Waals surface area contributed by atoms with Crippen molar-refractivity contribution in [3.63, 3.8) is 0 Å². The predicted octanol–water partition coefficient (Wildman–Crippen LogP) is 0.176. The highest BCUT2D eigenvalue weighted by Crippen LogP contribution is 2.24. The molecule has 2 aliphatic heterocycles. The first-order chi connectivity index (χ1) is 13.1. The largest absolute Gasteiger partial charge is 0.339 e. The zero-order valence-electron chi connectivity index (χ0n) is 15.6. The van der Waals surface area contributed by atoms with Crippen molar-refractivity contribution >= 4 is 11.8 Å². The highest BCUT2D eigenvalue weighted by atomic mass is 16.2. The van der Waals surface area contributed by atoms with Crippen LogP contribution >= 0.6 is 0 Å². The van der Waals surface area contributed by atoms with Crippen molar-refractivity contribution in [3.05, 3.63) is 29.6 Å². The second kappa shape index (κ2) is 7.50. The predicted molar refractivity (Wildman–Crippen MR) is 96.6 cm³/mol. The van der Waals surface area contributed by atoms with E-state index in [1.54, 1.807) is 6.20 Å². The van der Waals surface area contributed by atoms with Crippen molar-refractivity contribution in [1.82, 2.24) is 34.8 Å². The Morgan fingerprint density at radius 2 is 1.93 bits per heavy atom. The Hall–Kier alpha value is -2.71. The van der Waals surface area contributed by atoms with E-state index in [4.69, 9.17) is 0 Å². The highest BCUT2D eigenvalue weighted by molar-refractivity contribution is 5.80. The molecule has 9 heteroatoms. The third-order valence-corrected chi connectivity index (χ3v) is 5.65. The van der Waals surface area contributed by atoms with Gasteiger partial charge in [0.15, 0.2) is 0 Å². The molecule has 1 atom stereocenters. The van der Waals surface area contributed by atoms with E-state index in [0.29, 0.717) is 39.0 Å². The van der Waals surface area contributed by atoms with Gasteiger partial charge in [-0.05, 0) is 13.3 Å². The molecule has 1 N–H and O–H groups in total. The van der Waals surface area contributed by atoms with Crippen LogP contribution < -0.4 is 0 Å². The summed E-state index contributed by atoms with van der Waals surface area (Å²) in [4.78, 5) is 33.4. The summed E-state index contributed by atoms with van der Waals surface area (Å²) < 4.78 is 2.20. The quantitative estimate of drug-likeness (QED) is 0.826. The van der Waals surface area contributed by atoms with E-state index < -0.39 is 0 Å². The maximum Gasteiger partial charge on any atom is 0.226 e. The first kappa shape index (κ1) is 17.7. The van der Waals surface area contributed by atoms with Crippen LogP contribution in [0.3, 0.4) is 0 Å². The van der Waals surface area contributed by atoms with Gasteiger partial charge in [0.05, 0.1) is 11.9 Å². The van der Waals surface area contributed by atoms with Crippen LogP contribution in [0.4, 0.5) is 0 Å². The van der Waals surface area contributed by atoms with Crippen molar-refractivity contribution in [2.45, 2.75) is 39.2 Å². The lowest BCUT2D eigenvalue weighted by molar-refractivity contribution is -0.142. The minimum Gasteiger partial charge on any atom is -0.339 e. The molecule has 0 aromatic carbocycles. The number of carbonyl (C=O) groups excluding carboxylic acids is 2. The molecule has 0 spiro atoms. The van der Waals surface area contributed by atoms with E-state index >= 15 is 0 Å². The zero-order chi connectivity index (χ0) is 18.8. The number of rotatable bonds is 4. The number of piperazine rings is 1. The molecule has 4 heterocycles. The van der Waals surface area contributed by atoms with Gasteiger partial charge in [-0.1, -0.05) is 0 Å². The summed E-state index contributed by atoms with van der Waals surface area (Å²) >= 11 is 0. The minimum absolute atomic E-state index is 0.0306. The fraction of sp³-hybridized carbons (Fsp3) is 0.611. The average Bonchev–Trinajstić information content (AvgIpc) is 3.35. The standard InChI is InChI=1S/C18H25N7O2/c1-13-19-12-16-10-14(4-5-25(13)16)18(27)24-8-6-23(7-9-24)17(26)3-2-15-11-20-22-21-15/h11-12,14H,2-10H2,1H3,(H,20,21,22). The molecule has 9 nitrogen and oxygen atoms in total. The van der Waals surface area contributed by atoms with Gasteiger partial charge < -0.3 is 14.4 Å². The Balaban J connectivity index is 1.26. The van der Waals surface area contributed by atoms with Crippen LogP contribution in [0.1, 0.15) is 30.1 Å². The molecule has 0 radical (unpaired) electrons. The maximum absolute atomic E-state index is 12.9. The van der Waals surface area contributed by atoms with Crippen molar-refractivity contribution in [3.8, 4) is 0 Å². The number of hydrogen-bond donors (Lipinski definition) is 1. The molecule has 27 heavy (non-hydrogen) atoms. The smallest absolute Gasteiger partial charge is 0.226 e. The number of nitrogens with zero attached hydrogens (tertiary/aromatic N) is 6. The van der Waals surface area contributed by atoms with Crippen LogP contribution in [0.25, 0.3) is 0 Å². The Bertz CT molecular complexity index is 806. The molecule has 1 unspecified atom stereocenters. The van der Waals surface area contributed by atoms with E-state index in [9.17, 15) is 9.59 Å². The molecular formula is C18H25N7O2. The van der Waals surface area contributed by atoms with Gasteiger partial charge in [0, 0.05) is 69.8 Å². The van der Waals surface area contributed by atoms with Gasteiger partial charge in [-0.25, -0.2) is 4.98 Å². The number of aromatic amines is 1. The topological polar surface area (TPSA) is 100 Å². The Labute approximate surface area is 157 Å². The van der Waals surface area contributed by atoms with Crippen LogP contribution in [-0.2, 0) is 29.0 Å². The van der Waals surface area contributed by atoms with Gasteiger partial charge in [0.1, 0.15) is 5.82 Å². The van der Waals surface area contributed by atoms with E-state index in [0.717, 1.165) is 36.6 Å². The number of fused-ring (bicyclic) bond motifs is 1. The van der Waals surface area contributed by atoms with Crippen molar-refractivity contribution < 1.29 is 9.59 Å². The Kier molecular flexibility index (Phi) is 4.91.